The van der Waals surface area contributed by atoms with Crippen LogP contribution in [-0.2, 0) is 14.3 Å². The largest absolute Gasteiger partial charge is 0.490 e. The molecule has 0 atom stereocenters. The van der Waals surface area contributed by atoms with Gasteiger partial charge in [0.15, 0.2) is 0 Å². The Morgan fingerprint density at radius 3 is 2.37 bits per heavy atom. The predicted molar refractivity (Wildman–Crippen MR) is 104 cm³/mol. The molecule has 1 aromatic rings. The highest BCUT2D eigenvalue weighted by atomic mass is 79.9. The number of amides is 1. The van der Waals surface area contributed by atoms with Gasteiger partial charge in [-0.25, -0.2) is 0 Å². The van der Waals surface area contributed by atoms with Crippen LogP contribution < -0.4 is 10.1 Å². The van der Waals surface area contributed by atoms with E-state index in [1.54, 1.807) is 0 Å². The van der Waals surface area contributed by atoms with Crippen molar-refractivity contribution in [2.45, 2.75) is 38.5 Å². The first-order chi connectivity index (χ1) is 13.0. The number of carbonyl (C=O) groups excluding carboxylic acids is 2. The highest BCUT2D eigenvalue weighted by molar-refractivity contribution is 9.10. The summed E-state index contributed by atoms with van der Waals surface area (Å²) in [5.41, 5.74) is -0.223. The van der Waals surface area contributed by atoms with Crippen LogP contribution in [0.2, 0.25) is 0 Å². The molecule has 0 aromatic heterocycles. The molecule has 5 rings (SSSR count). The fourth-order valence-electron chi connectivity index (χ4n) is 5.65. The van der Waals surface area contributed by atoms with Gasteiger partial charge in [-0.05, 0) is 74.5 Å². The van der Waals surface area contributed by atoms with Crippen LogP contribution in [0.1, 0.15) is 38.5 Å². The summed E-state index contributed by atoms with van der Waals surface area (Å²) >= 11 is 3.38. The molecule has 4 saturated carbocycles. The summed E-state index contributed by atoms with van der Waals surface area (Å²) < 4.78 is 11.6. The summed E-state index contributed by atoms with van der Waals surface area (Å²) in [4.78, 5) is 24.7. The van der Waals surface area contributed by atoms with Crippen molar-refractivity contribution in [3.8, 4) is 5.75 Å². The summed E-state index contributed by atoms with van der Waals surface area (Å²) in [6.45, 7) is 0.390. The standard InChI is InChI=1S/C21H26BrNO4/c22-17-2-1-3-18(9-17)26-4-5-27-19(24)13-23-20(25)21-10-14-6-15(11-21)8-16(7-14)12-21/h1-3,9,14-16H,4-8,10-13H2,(H,23,25). The van der Waals surface area contributed by atoms with Crippen molar-refractivity contribution in [3.63, 3.8) is 0 Å². The van der Waals surface area contributed by atoms with Gasteiger partial charge < -0.3 is 14.8 Å². The quantitative estimate of drug-likeness (QED) is 0.523. The van der Waals surface area contributed by atoms with Crippen LogP contribution in [-0.4, -0.2) is 31.6 Å². The molecule has 0 heterocycles. The Balaban J connectivity index is 1.18. The van der Waals surface area contributed by atoms with E-state index in [1.807, 2.05) is 24.3 Å². The van der Waals surface area contributed by atoms with E-state index in [4.69, 9.17) is 9.47 Å². The van der Waals surface area contributed by atoms with Crippen LogP contribution in [0.25, 0.3) is 0 Å². The fourth-order valence-corrected chi connectivity index (χ4v) is 6.03. The molecular formula is C21H26BrNO4. The maximum absolute atomic E-state index is 12.8. The first-order valence-corrected chi connectivity index (χ1v) is 10.6. The number of hydrogen-bond acceptors (Lipinski definition) is 4. The van der Waals surface area contributed by atoms with Crippen molar-refractivity contribution in [2.75, 3.05) is 19.8 Å². The summed E-state index contributed by atoms with van der Waals surface area (Å²) in [6, 6.07) is 7.50. The van der Waals surface area contributed by atoms with E-state index in [0.29, 0.717) is 17.8 Å². The van der Waals surface area contributed by atoms with Gasteiger partial charge in [-0.15, -0.1) is 0 Å². The molecule has 27 heavy (non-hydrogen) atoms. The van der Waals surface area contributed by atoms with Gasteiger partial charge in [0.25, 0.3) is 0 Å². The minimum absolute atomic E-state index is 0.0581. The molecule has 0 radical (unpaired) electrons. The lowest BCUT2D eigenvalue weighted by Gasteiger charge is -2.55. The van der Waals surface area contributed by atoms with Crippen LogP contribution >= 0.6 is 15.9 Å². The summed E-state index contributed by atoms with van der Waals surface area (Å²) in [5, 5.41) is 2.85. The molecule has 4 aliphatic rings. The van der Waals surface area contributed by atoms with Crippen LogP contribution in [0, 0.1) is 23.2 Å². The fraction of sp³-hybridized carbons (Fsp3) is 0.619. The zero-order valence-electron chi connectivity index (χ0n) is 15.4. The predicted octanol–water partition coefficient (Wildman–Crippen LogP) is 3.70. The van der Waals surface area contributed by atoms with E-state index in [2.05, 4.69) is 21.2 Å². The van der Waals surface area contributed by atoms with Gasteiger partial charge in [0.05, 0.1) is 0 Å². The molecule has 0 saturated heterocycles. The number of nitrogens with one attached hydrogen (secondary N) is 1. The topological polar surface area (TPSA) is 64.6 Å². The second-order valence-corrected chi connectivity index (χ2v) is 9.32. The van der Waals surface area contributed by atoms with Gasteiger partial charge in [-0.2, -0.15) is 0 Å². The van der Waals surface area contributed by atoms with Crippen molar-refractivity contribution < 1.29 is 19.1 Å². The zero-order chi connectivity index (χ0) is 18.9. The smallest absolute Gasteiger partial charge is 0.325 e. The molecule has 146 valence electrons. The number of rotatable bonds is 7. The average Bonchev–Trinajstić information content (AvgIpc) is 2.62. The second-order valence-electron chi connectivity index (χ2n) is 8.41. The summed E-state index contributed by atoms with van der Waals surface area (Å²) in [7, 11) is 0. The van der Waals surface area contributed by atoms with Gasteiger partial charge in [0.1, 0.15) is 25.5 Å². The molecule has 1 N–H and O–H groups in total. The molecule has 0 unspecified atom stereocenters. The van der Waals surface area contributed by atoms with Crippen molar-refractivity contribution in [3.05, 3.63) is 28.7 Å². The van der Waals surface area contributed by atoms with E-state index in [1.165, 1.54) is 19.3 Å². The van der Waals surface area contributed by atoms with Gasteiger partial charge in [-0.3, -0.25) is 9.59 Å². The van der Waals surface area contributed by atoms with Crippen LogP contribution in [0.3, 0.4) is 0 Å². The molecule has 5 nitrogen and oxygen atoms in total. The number of esters is 1. The van der Waals surface area contributed by atoms with E-state index in [-0.39, 0.29) is 31.1 Å². The first kappa shape index (κ1) is 18.8. The third-order valence-corrected chi connectivity index (χ3v) is 6.82. The van der Waals surface area contributed by atoms with E-state index in [9.17, 15) is 9.59 Å². The number of hydrogen-bond donors (Lipinski definition) is 1. The van der Waals surface area contributed by atoms with Crippen LogP contribution in [0.15, 0.2) is 28.7 Å². The van der Waals surface area contributed by atoms with Crippen molar-refractivity contribution in [2.24, 2.45) is 23.2 Å². The van der Waals surface area contributed by atoms with Gasteiger partial charge >= 0.3 is 5.97 Å². The van der Waals surface area contributed by atoms with E-state index in [0.717, 1.165) is 29.5 Å². The van der Waals surface area contributed by atoms with Crippen LogP contribution in [0.4, 0.5) is 0 Å². The van der Waals surface area contributed by atoms with Gasteiger partial charge in [0.2, 0.25) is 5.91 Å². The first-order valence-electron chi connectivity index (χ1n) is 9.85. The lowest BCUT2D eigenvalue weighted by atomic mass is 9.49. The maximum Gasteiger partial charge on any atom is 0.325 e. The Morgan fingerprint density at radius 2 is 1.74 bits per heavy atom. The molecule has 0 spiro atoms. The Labute approximate surface area is 168 Å². The van der Waals surface area contributed by atoms with Gasteiger partial charge in [0, 0.05) is 9.89 Å². The Morgan fingerprint density at radius 1 is 1.07 bits per heavy atom. The Hall–Kier alpha value is -1.56. The second kappa shape index (κ2) is 7.82. The van der Waals surface area contributed by atoms with Gasteiger partial charge in [-0.1, -0.05) is 22.0 Å². The Bertz CT molecular complexity index is 685. The lowest BCUT2D eigenvalue weighted by Crippen LogP contribution is -2.54. The normalized spacial score (nSPS) is 30.8. The molecule has 4 aliphatic carbocycles. The van der Waals surface area contributed by atoms with E-state index >= 15 is 0 Å². The molecule has 1 amide bonds. The number of ether oxygens (including phenoxy) is 2. The van der Waals surface area contributed by atoms with E-state index < -0.39 is 5.97 Å². The van der Waals surface area contributed by atoms with Crippen molar-refractivity contribution in [1.82, 2.24) is 5.32 Å². The van der Waals surface area contributed by atoms with Crippen molar-refractivity contribution in [1.29, 1.82) is 0 Å². The number of halogens is 1. The molecule has 4 bridgehead atoms. The highest BCUT2D eigenvalue weighted by Crippen LogP contribution is 2.60. The molecule has 4 fully saturated rings. The minimum atomic E-state index is -0.411. The minimum Gasteiger partial charge on any atom is -0.490 e. The Kier molecular flexibility index (Phi) is 5.44. The summed E-state index contributed by atoms with van der Waals surface area (Å²) in [5.74, 6) is 2.50. The number of carbonyl (C=O) groups is 2. The van der Waals surface area contributed by atoms with Crippen LogP contribution in [0.5, 0.6) is 5.75 Å². The maximum atomic E-state index is 12.8. The molecule has 1 aromatic carbocycles. The SMILES string of the molecule is O=C(CNC(=O)C12CC3CC(CC(C3)C1)C2)OCCOc1cccc(Br)c1. The molecule has 0 aliphatic heterocycles. The highest BCUT2D eigenvalue weighted by Gasteiger charge is 2.54. The molecule has 6 heteroatoms. The monoisotopic (exact) mass is 435 g/mol. The third kappa shape index (κ3) is 4.31. The third-order valence-electron chi connectivity index (χ3n) is 6.32. The zero-order valence-corrected chi connectivity index (χ0v) is 17.0. The average molecular weight is 436 g/mol. The molecular weight excluding hydrogens is 410 g/mol. The lowest BCUT2D eigenvalue weighted by molar-refractivity contribution is -0.151. The van der Waals surface area contributed by atoms with Crippen molar-refractivity contribution >= 4 is 27.8 Å². The summed E-state index contributed by atoms with van der Waals surface area (Å²) in [6.07, 6.45) is 6.90. The number of benzene rings is 1.